The zero-order valence-electron chi connectivity index (χ0n) is 9.61. The third kappa shape index (κ3) is 2.95. The SMILES string of the molecule is C=C1CC(C)CC/C1=C(\OCF)C(=C)C. The lowest BCUT2D eigenvalue weighted by molar-refractivity contribution is 0.118. The molecule has 1 atom stereocenters. The lowest BCUT2D eigenvalue weighted by Crippen LogP contribution is -2.10. The molecule has 2 heteroatoms. The molecule has 15 heavy (non-hydrogen) atoms. The van der Waals surface area contributed by atoms with Crippen molar-refractivity contribution in [2.24, 2.45) is 5.92 Å². The Hall–Kier alpha value is -1.05. The van der Waals surface area contributed by atoms with Gasteiger partial charge in [-0.25, -0.2) is 4.39 Å². The van der Waals surface area contributed by atoms with Crippen LogP contribution in [0.25, 0.3) is 0 Å². The van der Waals surface area contributed by atoms with Crippen LogP contribution < -0.4 is 0 Å². The van der Waals surface area contributed by atoms with Crippen molar-refractivity contribution in [3.8, 4) is 0 Å². The van der Waals surface area contributed by atoms with E-state index in [4.69, 9.17) is 4.74 Å². The van der Waals surface area contributed by atoms with Gasteiger partial charge in [0.25, 0.3) is 0 Å². The highest BCUT2D eigenvalue weighted by atomic mass is 19.1. The Labute approximate surface area is 91.3 Å². The van der Waals surface area contributed by atoms with E-state index in [0.29, 0.717) is 11.7 Å². The maximum absolute atomic E-state index is 12.2. The normalized spacial score (nSPS) is 25.0. The van der Waals surface area contributed by atoms with Gasteiger partial charge in [-0.3, -0.25) is 0 Å². The summed E-state index contributed by atoms with van der Waals surface area (Å²) in [5.74, 6) is 1.27. The molecule has 1 unspecified atom stereocenters. The molecule has 0 spiro atoms. The topological polar surface area (TPSA) is 9.23 Å². The number of halogens is 1. The summed E-state index contributed by atoms with van der Waals surface area (Å²) < 4.78 is 17.2. The van der Waals surface area contributed by atoms with Crippen molar-refractivity contribution < 1.29 is 9.13 Å². The van der Waals surface area contributed by atoms with E-state index < -0.39 is 6.86 Å². The Balaban J connectivity index is 2.93. The Morgan fingerprint density at radius 3 is 2.73 bits per heavy atom. The fraction of sp³-hybridized carbons (Fsp3) is 0.538. The van der Waals surface area contributed by atoms with E-state index in [1.165, 1.54) is 0 Å². The second-order valence-corrected chi connectivity index (χ2v) is 4.29. The van der Waals surface area contributed by atoms with Crippen LogP contribution in [0.15, 0.2) is 35.6 Å². The summed E-state index contributed by atoms with van der Waals surface area (Å²) >= 11 is 0. The predicted molar refractivity (Wildman–Crippen MR) is 61.1 cm³/mol. The molecular weight excluding hydrogens is 191 g/mol. The van der Waals surface area contributed by atoms with Gasteiger partial charge in [0.2, 0.25) is 6.86 Å². The minimum atomic E-state index is -0.797. The highest BCUT2D eigenvalue weighted by Crippen LogP contribution is 2.35. The van der Waals surface area contributed by atoms with Crippen molar-refractivity contribution >= 4 is 0 Å². The molecule has 0 aromatic rings. The molecule has 0 amide bonds. The van der Waals surface area contributed by atoms with Crippen LogP contribution in [0.5, 0.6) is 0 Å². The molecule has 0 bridgehead atoms. The van der Waals surface area contributed by atoms with Gasteiger partial charge in [-0.1, -0.05) is 20.1 Å². The van der Waals surface area contributed by atoms with Crippen molar-refractivity contribution in [2.45, 2.75) is 33.1 Å². The molecule has 0 aromatic heterocycles. The molecule has 0 aliphatic heterocycles. The van der Waals surface area contributed by atoms with E-state index in [-0.39, 0.29) is 0 Å². The van der Waals surface area contributed by atoms with Crippen molar-refractivity contribution in [1.82, 2.24) is 0 Å². The third-order valence-corrected chi connectivity index (χ3v) is 2.77. The van der Waals surface area contributed by atoms with Crippen molar-refractivity contribution in [2.75, 3.05) is 6.86 Å². The van der Waals surface area contributed by atoms with Crippen molar-refractivity contribution in [3.05, 3.63) is 35.6 Å². The molecule has 1 rings (SSSR count). The Bertz CT molecular complexity index is 302. The standard InChI is InChI=1S/C13H19FO/c1-9(2)13(15-8-14)12-6-5-10(3)7-11(12)4/h10H,1,4-8H2,2-3H3/b13-12+. The van der Waals surface area contributed by atoms with Gasteiger partial charge in [-0.2, -0.15) is 0 Å². The van der Waals surface area contributed by atoms with Crippen LogP contribution in [0.2, 0.25) is 0 Å². The van der Waals surface area contributed by atoms with Crippen LogP contribution in [0.4, 0.5) is 4.39 Å². The average molecular weight is 210 g/mol. The zero-order valence-corrected chi connectivity index (χ0v) is 9.61. The van der Waals surface area contributed by atoms with Gasteiger partial charge in [0.15, 0.2) is 0 Å². The molecule has 0 saturated heterocycles. The molecule has 1 nitrogen and oxygen atoms in total. The summed E-state index contributed by atoms with van der Waals surface area (Å²) in [6.07, 6.45) is 3.00. The quantitative estimate of drug-likeness (QED) is 0.636. The first kappa shape index (κ1) is 12.0. The van der Waals surface area contributed by atoms with Gasteiger partial charge in [0, 0.05) is 0 Å². The number of hydrogen-bond donors (Lipinski definition) is 0. The first-order valence-electron chi connectivity index (χ1n) is 5.32. The first-order valence-corrected chi connectivity index (χ1v) is 5.32. The maximum Gasteiger partial charge on any atom is 0.228 e. The third-order valence-electron chi connectivity index (χ3n) is 2.77. The van der Waals surface area contributed by atoms with Crippen molar-refractivity contribution in [1.29, 1.82) is 0 Å². The number of ether oxygens (including phenoxy) is 1. The maximum atomic E-state index is 12.2. The predicted octanol–water partition coefficient (Wildman–Crippen LogP) is 4.14. The smallest absolute Gasteiger partial charge is 0.228 e. The van der Waals surface area contributed by atoms with Crippen LogP contribution in [0.1, 0.15) is 33.1 Å². The van der Waals surface area contributed by atoms with E-state index in [9.17, 15) is 4.39 Å². The molecule has 0 heterocycles. The summed E-state index contributed by atoms with van der Waals surface area (Å²) in [5, 5.41) is 0. The summed E-state index contributed by atoms with van der Waals surface area (Å²) in [4.78, 5) is 0. The van der Waals surface area contributed by atoms with Gasteiger partial charge < -0.3 is 4.74 Å². The second kappa shape index (κ2) is 5.15. The molecule has 84 valence electrons. The first-order chi connectivity index (χ1) is 7.06. The lowest BCUT2D eigenvalue weighted by Gasteiger charge is -2.25. The molecule has 0 radical (unpaired) electrons. The summed E-state index contributed by atoms with van der Waals surface area (Å²) in [6.45, 7) is 11.1. The van der Waals surface area contributed by atoms with Crippen LogP contribution in [0.3, 0.4) is 0 Å². The molecular formula is C13H19FO. The van der Waals surface area contributed by atoms with Gasteiger partial charge >= 0.3 is 0 Å². The fourth-order valence-electron chi connectivity index (χ4n) is 2.01. The molecule has 1 saturated carbocycles. The molecule has 1 aliphatic rings. The number of rotatable bonds is 3. The Morgan fingerprint density at radius 2 is 2.27 bits per heavy atom. The number of allylic oxidation sites excluding steroid dienone is 3. The van der Waals surface area contributed by atoms with E-state index in [1.54, 1.807) is 0 Å². The highest BCUT2D eigenvalue weighted by Gasteiger charge is 2.20. The minimum absolute atomic E-state index is 0.606. The lowest BCUT2D eigenvalue weighted by atomic mass is 9.82. The zero-order chi connectivity index (χ0) is 11.4. The number of hydrogen-bond acceptors (Lipinski definition) is 1. The Kier molecular flexibility index (Phi) is 4.13. The van der Waals surface area contributed by atoms with Gasteiger partial charge in [-0.15, -0.1) is 0 Å². The van der Waals surface area contributed by atoms with Crippen molar-refractivity contribution in [3.63, 3.8) is 0 Å². The van der Waals surface area contributed by atoms with Crippen LogP contribution in [-0.4, -0.2) is 6.86 Å². The molecule has 1 aliphatic carbocycles. The second-order valence-electron chi connectivity index (χ2n) is 4.29. The van der Waals surface area contributed by atoms with Gasteiger partial charge in [0.05, 0.1) is 0 Å². The minimum Gasteiger partial charge on any atom is -0.462 e. The van der Waals surface area contributed by atoms with E-state index >= 15 is 0 Å². The summed E-state index contributed by atoms with van der Waals surface area (Å²) in [5.41, 5.74) is 2.90. The average Bonchev–Trinajstić information content (AvgIpc) is 2.15. The highest BCUT2D eigenvalue weighted by molar-refractivity contribution is 5.40. The monoisotopic (exact) mass is 210 g/mol. The Morgan fingerprint density at radius 1 is 1.60 bits per heavy atom. The van der Waals surface area contributed by atoms with Crippen LogP contribution >= 0.6 is 0 Å². The van der Waals surface area contributed by atoms with Crippen LogP contribution in [0, 0.1) is 5.92 Å². The summed E-state index contributed by atoms with van der Waals surface area (Å²) in [7, 11) is 0. The number of alkyl halides is 1. The van der Waals surface area contributed by atoms with Gasteiger partial charge in [-0.05, 0) is 48.8 Å². The van der Waals surface area contributed by atoms with Crippen LogP contribution in [-0.2, 0) is 4.74 Å². The summed E-state index contributed by atoms with van der Waals surface area (Å²) in [6, 6.07) is 0. The van der Waals surface area contributed by atoms with E-state index in [2.05, 4.69) is 20.1 Å². The molecule has 0 aromatic carbocycles. The largest absolute Gasteiger partial charge is 0.462 e. The fourth-order valence-corrected chi connectivity index (χ4v) is 2.01. The molecule has 1 fully saturated rings. The van der Waals surface area contributed by atoms with Gasteiger partial charge in [0.1, 0.15) is 5.76 Å². The van der Waals surface area contributed by atoms with E-state index in [0.717, 1.165) is 36.0 Å². The molecule has 0 N–H and O–H groups in total. The van der Waals surface area contributed by atoms with E-state index in [1.807, 2.05) is 6.92 Å².